The van der Waals surface area contributed by atoms with Crippen molar-refractivity contribution in [3.05, 3.63) is 46.9 Å². The maximum atomic E-state index is 12.4. The number of likely N-dealkylation sites (tertiary alicyclic amines) is 1. The summed E-state index contributed by atoms with van der Waals surface area (Å²) in [6, 6.07) is 9.38. The van der Waals surface area contributed by atoms with Crippen LogP contribution < -0.4 is 5.32 Å². The minimum absolute atomic E-state index is 0.116. The predicted molar refractivity (Wildman–Crippen MR) is 121 cm³/mol. The van der Waals surface area contributed by atoms with E-state index >= 15 is 0 Å². The van der Waals surface area contributed by atoms with Gasteiger partial charge in [0.05, 0.1) is 11.8 Å². The Morgan fingerprint density at radius 3 is 2.65 bits per heavy atom. The Kier molecular flexibility index (Phi) is 6.94. The number of nitrogens with zero attached hydrogens (tertiary/aromatic N) is 5. The number of hydrogen-bond acceptors (Lipinski definition) is 7. The summed E-state index contributed by atoms with van der Waals surface area (Å²) >= 11 is 7.43. The molecule has 2 aromatic heterocycles. The lowest BCUT2D eigenvalue weighted by Crippen LogP contribution is -2.33. The van der Waals surface area contributed by atoms with Gasteiger partial charge in [-0.05, 0) is 64.0 Å². The first-order chi connectivity index (χ1) is 15.0. The van der Waals surface area contributed by atoms with Crippen LogP contribution in [-0.2, 0) is 4.79 Å². The van der Waals surface area contributed by atoms with Gasteiger partial charge in [0.15, 0.2) is 16.8 Å². The van der Waals surface area contributed by atoms with Gasteiger partial charge in [-0.3, -0.25) is 14.3 Å². The second kappa shape index (κ2) is 9.84. The van der Waals surface area contributed by atoms with Crippen LogP contribution in [0.5, 0.6) is 0 Å². The fourth-order valence-electron chi connectivity index (χ4n) is 3.68. The molecule has 3 aromatic rings. The standard InChI is InChI=1S/C21H25ClN6O2S/c1-14-12-18(26-30-14)23-19(29)13-31-21-25-24-20(15(2)27-10-4-3-5-11-27)28(21)17-8-6-16(22)7-9-17/h6-9,12,15H,3-5,10-11,13H2,1-2H3,(H,23,26,29)/t15-/m1/s1. The molecule has 1 fully saturated rings. The third-order valence-electron chi connectivity index (χ3n) is 5.28. The number of aryl methyl sites for hydroxylation is 1. The Morgan fingerprint density at radius 1 is 1.23 bits per heavy atom. The van der Waals surface area contributed by atoms with Gasteiger partial charge >= 0.3 is 0 Å². The smallest absolute Gasteiger partial charge is 0.236 e. The van der Waals surface area contributed by atoms with Crippen LogP contribution in [0.4, 0.5) is 5.82 Å². The van der Waals surface area contributed by atoms with E-state index in [4.69, 9.17) is 16.1 Å². The Morgan fingerprint density at radius 2 is 1.97 bits per heavy atom. The number of benzene rings is 1. The highest BCUT2D eigenvalue weighted by Gasteiger charge is 2.26. The molecule has 3 heterocycles. The van der Waals surface area contributed by atoms with Crippen molar-refractivity contribution in [2.45, 2.75) is 44.3 Å². The van der Waals surface area contributed by atoms with E-state index < -0.39 is 0 Å². The van der Waals surface area contributed by atoms with E-state index in [1.165, 1.54) is 31.0 Å². The number of rotatable bonds is 7. The zero-order chi connectivity index (χ0) is 21.8. The van der Waals surface area contributed by atoms with E-state index in [1.54, 1.807) is 13.0 Å². The molecule has 0 spiro atoms. The van der Waals surface area contributed by atoms with Crippen LogP contribution in [0, 0.1) is 6.92 Å². The van der Waals surface area contributed by atoms with Crippen molar-refractivity contribution in [2.75, 3.05) is 24.2 Å². The van der Waals surface area contributed by atoms with Gasteiger partial charge in [-0.2, -0.15) is 0 Å². The highest BCUT2D eigenvalue weighted by molar-refractivity contribution is 7.99. The van der Waals surface area contributed by atoms with E-state index in [0.29, 0.717) is 21.8 Å². The summed E-state index contributed by atoms with van der Waals surface area (Å²) in [6.45, 7) is 6.04. The monoisotopic (exact) mass is 460 g/mol. The lowest BCUT2D eigenvalue weighted by Gasteiger charge is -2.31. The highest BCUT2D eigenvalue weighted by atomic mass is 35.5. The summed E-state index contributed by atoms with van der Waals surface area (Å²) in [5.74, 6) is 1.90. The van der Waals surface area contributed by atoms with Crippen LogP contribution in [0.15, 0.2) is 40.0 Å². The van der Waals surface area contributed by atoms with Crippen molar-refractivity contribution in [1.29, 1.82) is 0 Å². The largest absolute Gasteiger partial charge is 0.360 e. The normalized spacial score (nSPS) is 15.7. The molecule has 31 heavy (non-hydrogen) atoms. The molecule has 8 nitrogen and oxygen atoms in total. The first-order valence-corrected chi connectivity index (χ1v) is 11.7. The Hall–Kier alpha value is -2.36. The molecule has 1 aliphatic rings. The third kappa shape index (κ3) is 5.28. The molecule has 0 saturated carbocycles. The third-order valence-corrected chi connectivity index (χ3v) is 6.46. The Bertz CT molecular complexity index is 1030. The molecule has 4 rings (SSSR count). The summed E-state index contributed by atoms with van der Waals surface area (Å²) < 4.78 is 7.01. The number of thioether (sulfide) groups is 1. The van der Waals surface area contributed by atoms with Gasteiger partial charge in [-0.25, -0.2) is 0 Å². The maximum absolute atomic E-state index is 12.4. The van der Waals surface area contributed by atoms with Crippen LogP contribution in [0.2, 0.25) is 5.02 Å². The second-order valence-corrected chi connectivity index (χ2v) is 8.96. The van der Waals surface area contributed by atoms with Crippen molar-refractivity contribution in [3.63, 3.8) is 0 Å². The number of carbonyl (C=O) groups is 1. The molecule has 164 valence electrons. The summed E-state index contributed by atoms with van der Waals surface area (Å²) in [5.41, 5.74) is 0.920. The number of carbonyl (C=O) groups excluding carboxylic acids is 1. The van der Waals surface area contributed by atoms with E-state index in [0.717, 1.165) is 24.6 Å². The maximum Gasteiger partial charge on any atom is 0.236 e. The van der Waals surface area contributed by atoms with Crippen molar-refractivity contribution in [3.8, 4) is 5.69 Å². The fourth-order valence-corrected chi connectivity index (χ4v) is 4.57. The van der Waals surface area contributed by atoms with Crippen molar-refractivity contribution < 1.29 is 9.32 Å². The Balaban J connectivity index is 1.55. The predicted octanol–water partition coefficient (Wildman–Crippen LogP) is 4.49. The lowest BCUT2D eigenvalue weighted by atomic mass is 10.1. The second-order valence-electron chi connectivity index (χ2n) is 7.58. The lowest BCUT2D eigenvalue weighted by molar-refractivity contribution is -0.113. The summed E-state index contributed by atoms with van der Waals surface area (Å²) in [7, 11) is 0. The number of halogens is 1. The van der Waals surface area contributed by atoms with Crippen LogP contribution >= 0.6 is 23.4 Å². The average molecular weight is 461 g/mol. The molecule has 1 amide bonds. The van der Waals surface area contributed by atoms with Gasteiger partial charge in [0.25, 0.3) is 0 Å². The van der Waals surface area contributed by atoms with Gasteiger partial charge in [-0.1, -0.05) is 34.9 Å². The molecular formula is C21H25ClN6O2S. The first kappa shape index (κ1) is 21.9. The van der Waals surface area contributed by atoms with Crippen LogP contribution in [0.3, 0.4) is 0 Å². The number of hydrogen-bond donors (Lipinski definition) is 1. The molecule has 0 unspecified atom stereocenters. The summed E-state index contributed by atoms with van der Waals surface area (Å²) in [5, 5.41) is 16.8. The minimum atomic E-state index is -0.186. The van der Waals surface area contributed by atoms with E-state index in [9.17, 15) is 4.79 Å². The molecule has 0 bridgehead atoms. The average Bonchev–Trinajstić information content (AvgIpc) is 3.39. The first-order valence-electron chi connectivity index (χ1n) is 10.3. The number of piperidine rings is 1. The van der Waals surface area contributed by atoms with Gasteiger partial charge in [0.1, 0.15) is 5.76 Å². The molecule has 1 saturated heterocycles. The highest BCUT2D eigenvalue weighted by Crippen LogP contribution is 2.30. The molecule has 0 radical (unpaired) electrons. The number of anilines is 1. The van der Waals surface area contributed by atoms with Gasteiger partial charge < -0.3 is 9.84 Å². The van der Waals surface area contributed by atoms with Crippen molar-refractivity contribution in [2.24, 2.45) is 0 Å². The minimum Gasteiger partial charge on any atom is -0.360 e. The fraction of sp³-hybridized carbons (Fsp3) is 0.429. The topological polar surface area (TPSA) is 89.1 Å². The van der Waals surface area contributed by atoms with Gasteiger partial charge in [-0.15, -0.1) is 10.2 Å². The Labute approximate surface area is 190 Å². The molecule has 1 atom stereocenters. The zero-order valence-corrected chi connectivity index (χ0v) is 19.1. The molecule has 10 heteroatoms. The van der Waals surface area contributed by atoms with Crippen LogP contribution in [-0.4, -0.2) is 49.6 Å². The quantitative estimate of drug-likeness (QED) is 0.519. The van der Waals surface area contributed by atoms with Gasteiger partial charge in [0.2, 0.25) is 5.91 Å². The number of nitrogens with one attached hydrogen (secondary N) is 1. The van der Waals surface area contributed by atoms with Crippen molar-refractivity contribution in [1.82, 2.24) is 24.8 Å². The molecule has 0 aliphatic carbocycles. The summed E-state index contributed by atoms with van der Waals surface area (Å²) in [6.07, 6.45) is 3.67. The zero-order valence-electron chi connectivity index (χ0n) is 17.5. The molecule has 1 aliphatic heterocycles. The molecule has 1 N–H and O–H groups in total. The van der Waals surface area contributed by atoms with E-state index in [1.807, 2.05) is 28.8 Å². The van der Waals surface area contributed by atoms with Crippen LogP contribution in [0.1, 0.15) is 43.8 Å². The molecular weight excluding hydrogens is 436 g/mol. The van der Waals surface area contributed by atoms with Crippen LogP contribution in [0.25, 0.3) is 5.69 Å². The van der Waals surface area contributed by atoms with E-state index in [2.05, 4.69) is 32.5 Å². The van der Waals surface area contributed by atoms with Gasteiger partial charge in [0, 0.05) is 16.8 Å². The van der Waals surface area contributed by atoms with E-state index in [-0.39, 0.29) is 17.7 Å². The summed E-state index contributed by atoms with van der Waals surface area (Å²) in [4.78, 5) is 14.8. The molecule has 1 aromatic carbocycles. The van der Waals surface area contributed by atoms with Crippen molar-refractivity contribution >= 4 is 35.1 Å². The SMILES string of the molecule is Cc1cc(NC(=O)CSc2nnc([C@@H](C)N3CCCCC3)n2-c2ccc(Cl)cc2)no1. The number of aromatic nitrogens is 4. The number of amides is 1.